The van der Waals surface area contributed by atoms with Crippen LogP contribution in [0.2, 0.25) is 0 Å². The smallest absolute Gasteiger partial charge is 0.165 e. The molecule has 1 aliphatic rings. The van der Waals surface area contributed by atoms with Crippen LogP contribution in [0.5, 0.6) is 0 Å². The maximum absolute atomic E-state index is 12.1. The lowest BCUT2D eigenvalue weighted by atomic mass is 9.75. The number of benzene rings is 1. The van der Waals surface area contributed by atoms with Crippen molar-refractivity contribution in [3.05, 3.63) is 65.0 Å². The molecule has 0 fully saturated rings. The summed E-state index contributed by atoms with van der Waals surface area (Å²) in [6.45, 7) is 4.25. The Balaban J connectivity index is 1.90. The lowest BCUT2D eigenvalue weighted by molar-refractivity contribution is 0.0910. The Labute approximate surface area is 125 Å². The first kappa shape index (κ1) is 13.7. The standard InChI is InChI=1S/C19H19NO/c1-19(2)12-17-16(18(21)13-19)11-10-15(20-17)9-8-14-6-4-3-5-7-14/h3-11H,12-13H2,1-2H3. The van der Waals surface area contributed by atoms with E-state index >= 15 is 0 Å². The second kappa shape index (κ2) is 5.28. The highest BCUT2D eigenvalue weighted by molar-refractivity contribution is 5.98. The largest absolute Gasteiger partial charge is 0.294 e. The molecule has 1 aromatic carbocycles. The van der Waals surface area contributed by atoms with Crippen LogP contribution >= 0.6 is 0 Å². The Morgan fingerprint density at radius 1 is 1.00 bits per heavy atom. The highest BCUT2D eigenvalue weighted by Crippen LogP contribution is 2.33. The van der Waals surface area contributed by atoms with Crippen LogP contribution in [-0.4, -0.2) is 10.8 Å². The van der Waals surface area contributed by atoms with Gasteiger partial charge in [0.1, 0.15) is 0 Å². The first-order valence-electron chi connectivity index (χ1n) is 7.30. The number of carbonyl (C=O) groups excluding carboxylic acids is 1. The first-order valence-corrected chi connectivity index (χ1v) is 7.30. The molecule has 2 heteroatoms. The van der Waals surface area contributed by atoms with Crippen molar-refractivity contribution >= 4 is 17.9 Å². The number of carbonyl (C=O) groups is 1. The zero-order valence-electron chi connectivity index (χ0n) is 12.5. The second-order valence-corrected chi connectivity index (χ2v) is 6.42. The zero-order chi connectivity index (χ0) is 14.9. The molecule has 0 N–H and O–H groups in total. The van der Waals surface area contributed by atoms with E-state index in [-0.39, 0.29) is 11.2 Å². The third-order valence-corrected chi connectivity index (χ3v) is 3.83. The number of Topliss-reactive ketones (excluding diaryl/α,β-unsaturated/α-hetero) is 1. The summed E-state index contributed by atoms with van der Waals surface area (Å²) in [7, 11) is 0. The minimum atomic E-state index is 0.0127. The van der Waals surface area contributed by atoms with Gasteiger partial charge in [0.15, 0.2) is 5.78 Å². The van der Waals surface area contributed by atoms with E-state index in [0.29, 0.717) is 6.42 Å². The molecule has 1 aromatic heterocycles. The molecule has 2 aromatic rings. The summed E-state index contributed by atoms with van der Waals surface area (Å²) >= 11 is 0. The van der Waals surface area contributed by atoms with E-state index in [1.165, 1.54) is 0 Å². The molecule has 0 spiro atoms. The third-order valence-electron chi connectivity index (χ3n) is 3.83. The van der Waals surface area contributed by atoms with Crippen LogP contribution < -0.4 is 0 Å². The van der Waals surface area contributed by atoms with E-state index < -0.39 is 0 Å². The number of hydrogen-bond acceptors (Lipinski definition) is 2. The van der Waals surface area contributed by atoms with E-state index in [2.05, 4.69) is 31.0 Å². The Bertz CT molecular complexity index is 699. The molecule has 0 unspecified atom stereocenters. The van der Waals surface area contributed by atoms with Gasteiger partial charge in [0.2, 0.25) is 0 Å². The highest BCUT2D eigenvalue weighted by atomic mass is 16.1. The molecular formula is C19H19NO. The lowest BCUT2D eigenvalue weighted by Gasteiger charge is -2.29. The lowest BCUT2D eigenvalue weighted by Crippen LogP contribution is -2.27. The number of rotatable bonds is 2. The van der Waals surface area contributed by atoms with Gasteiger partial charge in [-0.15, -0.1) is 0 Å². The van der Waals surface area contributed by atoms with Crippen LogP contribution in [0.15, 0.2) is 42.5 Å². The van der Waals surface area contributed by atoms with Crippen molar-refractivity contribution < 1.29 is 4.79 Å². The van der Waals surface area contributed by atoms with Crippen molar-refractivity contribution in [3.8, 4) is 0 Å². The first-order chi connectivity index (χ1) is 10.0. The summed E-state index contributed by atoms with van der Waals surface area (Å²) in [4.78, 5) is 16.8. The van der Waals surface area contributed by atoms with Gasteiger partial charge in [-0.1, -0.05) is 50.3 Å². The van der Waals surface area contributed by atoms with Crippen molar-refractivity contribution in [1.29, 1.82) is 0 Å². The normalized spacial score (nSPS) is 17.0. The molecular weight excluding hydrogens is 258 g/mol. The molecule has 1 aliphatic carbocycles. The van der Waals surface area contributed by atoms with Gasteiger partial charge in [-0.25, -0.2) is 0 Å². The minimum absolute atomic E-state index is 0.0127. The van der Waals surface area contributed by atoms with Gasteiger partial charge < -0.3 is 0 Å². The van der Waals surface area contributed by atoms with E-state index in [0.717, 1.165) is 28.9 Å². The van der Waals surface area contributed by atoms with Crippen LogP contribution in [0, 0.1) is 5.41 Å². The SMILES string of the molecule is CC1(C)CC(=O)c2ccc(C=Cc3ccccc3)nc2C1. The van der Waals surface area contributed by atoms with Crippen LogP contribution in [0.25, 0.3) is 12.2 Å². The van der Waals surface area contributed by atoms with E-state index in [1.807, 2.05) is 42.5 Å². The molecule has 0 amide bonds. The van der Waals surface area contributed by atoms with Crippen molar-refractivity contribution in [2.75, 3.05) is 0 Å². The van der Waals surface area contributed by atoms with Gasteiger partial charge in [-0.2, -0.15) is 0 Å². The number of aromatic nitrogens is 1. The topological polar surface area (TPSA) is 30.0 Å². The number of fused-ring (bicyclic) bond motifs is 1. The molecule has 3 rings (SSSR count). The number of hydrogen-bond donors (Lipinski definition) is 0. The molecule has 0 saturated heterocycles. The molecule has 0 aliphatic heterocycles. The van der Waals surface area contributed by atoms with Gasteiger partial charge in [-0.05, 0) is 35.6 Å². The van der Waals surface area contributed by atoms with E-state index in [9.17, 15) is 4.79 Å². The van der Waals surface area contributed by atoms with Crippen LogP contribution in [0.4, 0.5) is 0 Å². The fourth-order valence-corrected chi connectivity index (χ4v) is 2.79. The second-order valence-electron chi connectivity index (χ2n) is 6.42. The molecule has 0 saturated carbocycles. The average Bonchev–Trinajstić information content (AvgIpc) is 2.44. The zero-order valence-corrected chi connectivity index (χ0v) is 12.5. The minimum Gasteiger partial charge on any atom is -0.294 e. The Hall–Kier alpha value is -2.22. The van der Waals surface area contributed by atoms with Crippen LogP contribution in [-0.2, 0) is 6.42 Å². The van der Waals surface area contributed by atoms with Gasteiger partial charge in [0, 0.05) is 12.0 Å². The molecule has 0 atom stereocenters. The Kier molecular flexibility index (Phi) is 3.46. The summed E-state index contributed by atoms with van der Waals surface area (Å²) in [6.07, 6.45) is 5.52. The molecule has 1 heterocycles. The fourth-order valence-electron chi connectivity index (χ4n) is 2.79. The van der Waals surface area contributed by atoms with Crippen LogP contribution in [0.3, 0.4) is 0 Å². The predicted molar refractivity (Wildman–Crippen MR) is 86.0 cm³/mol. The number of nitrogens with zero attached hydrogens (tertiary/aromatic N) is 1. The molecule has 2 nitrogen and oxygen atoms in total. The molecule has 0 bridgehead atoms. The average molecular weight is 277 g/mol. The van der Waals surface area contributed by atoms with Crippen LogP contribution in [0.1, 0.15) is 47.6 Å². The van der Waals surface area contributed by atoms with Crippen molar-refractivity contribution in [2.45, 2.75) is 26.7 Å². The van der Waals surface area contributed by atoms with Gasteiger partial charge in [0.25, 0.3) is 0 Å². The Morgan fingerprint density at radius 2 is 1.76 bits per heavy atom. The number of pyridine rings is 1. The summed E-state index contributed by atoms with van der Waals surface area (Å²) in [5, 5.41) is 0. The predicted octanol–water partition coefficient (Wildman–Crippen LogP) is 4.41. The molecule has 21 heavy (non-hydrogen) atoms. The van der Waals surface area contributed by atoms with E-state index in [4.69, 9.17) is 0 Å². The van der Waals surface area contributed by atoms with Crippen molar-refractivity contribution in [1.82, 2.24) is 4.98 Å². The van der Waals surface area contributed by atoms with Gasteiger partial charge in [-0.3, -0.25) is 9.78 Å². The van der Waals surface area contributed by atoms with E-state index in [1.54, 1.807) is 0 Å². The summed E-state index contributed by atoms with van der Waals surface area (Å²) in [5.74, 6) is 0.215. The van der Waals surface area contributed by atoms with Crippen molar-refractivity contribution in [2.24, 2.45) is 5.41 Å². The van der Waals surface area contributed by atoms with Gasteiger partial charge in [0.05, 0.1) is 11.4 Å². The van der Waals surface area contributed by atoms with Crippen molar-refractivity contribution in [3.63, 3.8) is 0 Å². The molecule has 0 radical (unpaired) electrons. The molecule has 106 valence electrons. The van der Waals surface area contributed by atoms with Gasteiger partial charge >= 0.3 is 0 Å². The maximum atomic E-state index is 12.1. The summed E-state index contributed by atoms with van der Waals surface area (Å²) < 4.78 is 0. The highest BCUT2D eigenvalue weighted by Gasteiger charge is 2.31. The fraction of sp³-hybridized carbons (Fsp3) is 0.263. The number of ketones is 1. The maximum Gasteiger partial charge on any atom is 0.165 e. The summed E-state index contributed by atoms with van der Waals surface area (Å²) in [6, 6.07) is 14.0. The third kappa shape index (κ3) is 3.10. The monoisotopic (exact) mass is 277 g/mol. The Morgan fingerprint density at radius 3 is 2.52 bits per heavy atom. The summed E-state index contributed by atoms with van der Waals surface area (Å²) in [5.41, 5.74) is 3.80. The quantitative estimate of drug-likeness (QED) is 0.814.